The number of nitrogens with zero attached hydrogens (tertiary/aromatic N) is 1. The lowest BCUT2D eigenvalue weighted by Gasteiger charge is -1.80. The number of aldehydes is 1. The monoisotopic (exact) mass is 127 g/mol. The quantitative estimate of drug-likeness (QED) is 0.243. The Morgan fingerprint density at radius 3 is 2.44 bits per heavy atom. The van der Waals surface area contributed by atoms with Crippen molar-refractivity contribution in [2.75, 3.05) is 0 Å². The lowest BCUT2D eigenvalue weighted by molar-refractivity contribution is -0.104. The summed E-state index contributed by atoms with van der Waals surface area (Å²) in [6.07, 6.45) is 1.49. The zero-order valence-electron chi connectivity index (χ0n) is 4.80. The number of aliphatic imine (C=N–C) groups is 1. The van der Waals surface area contributed by atoms with E-state index in [9.17, 15) is 9.18 Å². The Kier molecular flexibility index (Phi) is 3.20. The van der Waals surface area contributed by atoms with E-state index >= 15 is 0 Å². The highest BCUT2D eigenvalue weighted by Crippen LogP contribution is 1.91. The summed E-state index contributed by atoms with van der Waals surface area (Å²) in [7, 11) is 0. The van der Waals surface area contributed by atoms with E-state index in [1.54, 1.807) is 0 Å². The summed E-state index contributed by atoms with van der Waals surface area (Å²) in [5, 5.41) is 0. The second-order valence-electron chi connectivity index (χ2n) is 1.33. The summed E-state index contributed by atoms with van der Waals surface area (Å²) in [5.41, 5.74) is 0.119. The summed E-state index contributed by atoms with van der Waals surface area (Å²) in [5.74, 6) is -0.835. The number of rotatable bonds is 3. The van der Waals surface area contributed by atoms with E-state index in [0.717, 1.165) is 6.21 Å². The van der Waals surface area contributed by atoms with Crippen LogP contribution < -0.4 is 0 Å². The normalized spacial score (nSPS) is 9.44. The third-order valence-corrected chi connectivity index (χ3v) is 0.522. The fourth-order valence-electron chi connectivity index (χ4n) is 0.183. The molecule has 2 nitrogen and oxygen atoms in total. The fraction of sp³-hybridized carbons (Fsp3) is 0. The van der Waals surface area contributed by atoms with Gasteiger partial charge in [0.15, 0.2) is 6.29 Å². The second kappa shape index (κ2) is 3.72. The lowest BCUT2D eigenvalue weighted by atomic mass is 10.4. The van der Waals surface area contributed by atoms with Gasteiger partial charge < -0.3 is 0 Å². The second-order valence-corrected chi connectivity index (χ2v) is 1.33. The molecule has 0 radical (unpaired) electrons. The number of hydrogen-bond acceptors (Lipinski definition) is 2. The van der Waals surface area contributed by atoms with Crippen LogP contribution in [0.5, 0.6) is 0 Å². The van der Waals surface area contributed by atoms with E-state index in [1.807, 2.05) is 0 Å². The minimum absolute atomic E-state index is 0.119. The zero-order chi connectivity index (χ0) is 7.28. The molecular weight excluding hydrogens is 121 g/mol. The van der Waals surface area contributed by atoms with Gasteiger partial charge in [-0.05, 0) is 6.58 Å². The first kappa shape index (κ1) is 7.75. The molecule has 0 saturated carbocycles. The van der Waals surface area contributed by atoms with Gasteiger partial charge in [-0.25, -0.2) is 4.99 Å². The van der Waals surface area contributed by atoms with Crippen LogP contribution in [0, 0.1) is 0 Å². The Hall–Kier alpha value is -1.25. The van der Waals surface area contributed by atoms with E-state index in [4.69, 9.17) is 0 Å². The van der Waals surface area contributed by atoms with Gasteiger partial charge in [0.1, 0.15) is 0 Å². The minimum atomic E-state index is -0.835. The van der Waals surface area contributed by atoms with E-state index in [1.165, 1.54) is 0 Å². The molecule has 0 aromatic carbocycles. The van der Waals surface area contributed by atoms with Crippen LogP contribution in [0.15, 0.2) is 29.7 Å². The first-order chi connectivity index (χ1) is 4.16. The van der Waals surface area contributed by atoms with Gasteiger partial charge in [-0.1, -0.05) is 6.58 Å². The maximum absolute atomic E-state index is 11.6. The molecule has 0 rings (SSSR count). The molecule has 0 aromatic rings. The van der Waals surface area contributed by atoms with Crippen molar-refractivity contribution in [3.05, 3.63) is 24.7 Å². The molecule has 0 unspecified atom stereocenters. The highest BCUT2D eigenvalue weighted by atomic mass is 19.1. The summed E-state index contributed by atoms with van der Waals surface area (Å²) in [6.45, 7) is 6.06. The molecular formula is C6H6FNO. The molecule has 0 bridgehead atoms. The van der Waals surface area contributed by atoms with E-state index in [0.29, 0.717) is 6.29 Å². The number of carbonyl (C=O) groups is 1. The van der Waals surface area contributed by atoms with Crippen molar-refractivity contribution in [2.45, 2.75) is 0 Å². The van der Waals surface area contributed by atoms with Gasteiger partial charge in [0.05, 0.1) is 0 Å². The summed E-state index contributed by atoms with van der Waals surface area (Å²) >= 11 is 0. The summed E-state index contributed by atoms with van der Waals surface area (Å²) in [4.78, 5) is 12.9. The molecule has 0 fully saturated rings. The van der Waals surface area contributed by atoms with Crippen molar-refractivity contribution >= 4 is 12.5 Å². The first-order valence-corrected chi connectivity index (χ1v) is 2.19. The molecule has 0 aromatic heterocycles. The average molecular weight is 127 g/mol. The molecule has 0 aliphatic rings. The molecule has 0 aliphatic carbocycles. The van der Waals surface area contributed by atoms with E-state index < -0.39 is 5.95 Å². The Labute approximate surface area is 52.4 Å². The van der Waals surface area contributed by atoms with Gasteiger partial charge in [0.2, 0.25) is 5.95 Å². The Morgan fingerprint density at radius 2 is 2.11 bits per heavy atom. The molecule has 0 saturated heterocycles. The van der Waals surface area contributed by atoms with Crippen LogP contribution in [-0.4, -0.2) is 12.5 Å². The molecule has 0 spiro atoms. The van der Waals surface area contributed by atoms with Gasteiger partial charge in [0, 0.05) is 11.8 Å². The van der Waals surface area contributed by atoms with E-state index in [-0.39, 0.29) is 5.57 Å². The number of halogens is 1. The van der Waals surface area contributed by atoms with Crippen LogP contribution in [0.4, 0.5) is 4.39 Å². The van der Waals surface area contributed by atoms with Gasteiger partial charge in [0.25, 0.3) is 0 Å². The molecule has 0 heterocycles. The van der Waals surface area contributed by atoms with Crippen molar-refractivity contribution in [3.8, 4) is 0 Å². The van der Waals surface area contributed by atoms with Crippen LogP contribution >= 0.6 is 0 Å². The molecule has 48 valence electrons. The van der Waals surface area contributed by atoms with Crippen LogP contribution in [0.2, 0.25) is 0 Å². The van der Waals surface area contributed by atoms with Crippen LogP contribution in [-0.2, 0) is 4.79 Å². The summed E-state index contributed by atoms with van der Waals surface area (Å²) < 4.78 is 11.6. The smallest absolute Gasteiger partial charge is 0.205 e. The molecule has 3 heteroatoms. The SMILES string of the molecule is C=C(C=O)/C=N\C(=C)F. The highest BCUT2D eigenvalue weighted by Gasteiger charge is 1.82. The third-order valence-electron chi connectivity index (χ3n) is 0.522. The standard InChI is InChI=1S/C6H6FNO/c1-5(4-9)3-8-6(2)7/h3-4H,1-2H2/b8-3-. The third kappa shape index (κ3) is 4.61. The van der Waals surface area contributed by atoms with E-state index in [2.05, 4.69) is 18.2 Å². The Bertz CT molecular complexity index is 172. The molecule has 9 heavy (non-hydrogen) atoms. The maximum atomic E-state index is 11.6. The van der Waals surface area contributed by atoms with Gasteiger partial charge in [-0.15, -0.1) is 0 Å². The van der Waals surface area contributed by atoms with Gasteiger partial charge in [-0.3, -0.25) is 4.79 Å². The Balaban J connectivity index is 3.85. The van der Waals surface area contributed by atoms with Crippen LogP contribution in [0.3, 0.4) is 0 Å². The van der Waals surface area contributed by atoms with Gasteiger partial charge in [-0.2, -0.15) is 4.39 Å². The Morgan fingerprint density at radius 1 is 1.56 bits per heavy atom. The van der Waals surface area contributed by atoms with Crippen molar-refractivity contribution in [1.82, 2.24) is 0 Å². The maximum Gasteiger partial charge on any atom is 0.205 e. The topological polar surface area (TPSA) is 29.4 Å². The number of allylic oxidation sites excluding steroid dienone is 1. The predicted molar refractivity (Wildman–Crippen MR) is 33.9 cm³/mol. The minimum Gasteiger partial charge on any atom is -0.298 e. The molecule has 0 aliphatic heterocycles. The predicted octanol–water partition coefficient (Wildman–Crippen LogP) is 1.25. The molecule has 0 amide bonds. The van der Waals surface area contributed by atoms with Crippen molar-refractivity contribution in [1.29, 1.82) is 0 Å². The first-order valence-electron chi connectivity index (χ1n) is 2.19. The molecule has 0 atom stereocenters. The van der Waals surface area contributed by atoms with Crippen molar-refractivity contribution in [2.24, 2.45) is 4.99 Å². The number of hydrogen-bond donors (Lipinski definition) is 0. The fourth-order valence-corrected chi connectivity index (χ4v) is 0.183. The van der Waals surface area contributed by atoms with Crippen LogP contribution in [0.1, 0.15) is 0 Å². The van der Waals surface area contributed by atoms with Crippen LogP contribution in [0.25, 0.3) is 0 Å². The average Bonchev–Trinajstić information content (AvgIpc) is 1.83. The number of carbonyl (C=O) groups excluding carboxylic acids is 1. The zero-order valence-corrected chi connectivity index (χ0v) is 4.80. The molecule has 0 N–H and O–H groups in total. The summed E-state index contributed by atoms with van der Waals surface area (Å²) in [6, 6.07) is 0. The van der Waals surface area contributed by atoms with Gasteiger partial charge >= 0.3 is 0 Å². The van der Waals surface area contributed by atoms with Crippen molar-refractivity contribution < 1.29 is 9.18 Å². The van der Waals surface area contributed by atoms with Crippen molar-refractivity contribution in [3.63, 3.8) is 0 Å². The highest BCUT2D eigenvalue weighted by molar-refractivity contribution is 6.01. The lowest BCUT2D eigenvalue weighted by Crippen LogP contribution is -1.81. The largest absolute Gasteiger partial charge is 0.298 e.